The lowest BCUT2D eigenvalue weighted by Gasteiger charge is -2.44. The summed E-state index contributed by atoms with van der Waals surface area (Å²) in [4.78, 5) is 2.55. The summed E-state index contributed by atoms with van der Waals surface area (Å²) in [6.07, 6.45) is 3.30. The lowest BCUT2D eigenvalue weighted by Crippen LogP contribution is -2.53. The highest BCUT2D eigenvalue weighted by Gasteiger charge is 2.34. The zero-order valence-electron chi connectivity index (χ0n) is 13.6. The third kappa shape index (κ3) is 2.99. The normalized spacial score (nSPS) is 23.4. The number of ether oxygens (including phenoxy) is 1. The molecule has 3 heteroatoms. The van der Waals surface area contributed by atoms with Crippen molar-refractivity contribution in [2.75, 3.05) is 13.2 Å². The van der Waals surface area contributed by atoms with E-state index < -0.39 is 0 Å². The fourth-order valence-corrected chi connectivity index (χ4v) is 3.70. The maximum Gasteiger partial charge on any atom is 0.0991 e. The molecule has 0 aromatic heterocycles. The molecule has 2 aromatic rings. The second-order valence-electron chi connectivity index (χ2n) is 6.51. The van der Waals surface area contributed by atoms with Crippen molar-refractivity contribution in [1.82, 2.24) is 4.90 Å². The molecule has 4 rings (SSSR count). The van der Waals surface area contributed by atoms with Gasteiger partial charge in [-0.1, -0.05) is 48.5 Å². The van der Waals surface area contributed by atoms with Crippen LogP contribution in [0, 0.1) is 11.3 Å². The number of nitrogens with zero attached hydrogens (tertiary/aromatic N) is 2. The van der Waals surface area contributed by atoms with E-state index in [1.807, 2.05) is 18.2 Å². The Labute approximate surface area is 142 Å². The van der Waals surface area contributed by atoms with Crippen LogP contribution in [0.3, 0.4) is 0 Å². The average molecular weight is 316 g/mol. The monoisotopic (exact) mass is 316 g/mol. The van der Waals surface area contributed by atoms with Crippen molar-refractivity contribution in [3.05, 3.63) is 77.4 Å². The molecule has 120 valence electrons. The first-order chi connectivity index (χ1) is 11.8. The van der Waals surface area contributed by atoms with Gasteiger partial charge < -0.3 is 4.74 Å². The average Bonchev–Trinajstić information content (AvgIpc) is 2.62. The number of rotatable bonds is 3. The van der Waals surface area contributed by atoms with Gasteiger partial charge in [0.25, 0.3) is 0 Å². The first-order valence-corrected chi connectivity index (χ1v) is 8.42. The van der Waals surface area contributed by atoms with Gasteiger partial charge in [0.05, 0.1) is 30.9 Å². The minimum Gasteiger partial charge on any atom is -0.378 e. The van der Waals surface area contributed by atoms with E-state index in [9.17, 15) is 0 Å². The number of benzene rings is 2. The van der Waals surface area contributed by atoms with Crippen LogP contribution in [0.25, 0.3) is 5.57 Å². The van der Waals surface area contributed by atoms with Crippen molar-refractivity contribution in [2.45, 2.75) is 25.0 Å². The predicted octanol–water partition coefficient (Wildman–Crippen LogP) is 3.61. The molecule has 2 aromatic carbocycles. The van der Waals surface area contributed by atoms with Gasteiger partial charge in [-0.25, -0.2) is 0 Å². The molecule has 2 aliphatic rings. The van der Waals surface area contributed by atoms with Crippen LogP contribution in [0.1, 0.15) is 23.1 Å². The molecule has 2 unspecified atom stereocenters. The molecule has 2 atom stereocenters. The second kappa shape index (κ2) is 6.60. The molecule has 1 saturated heterocycles. The van der Waals surface area contributed by atoms with Crippen LogP contribution >= 0.6 is 0 Å². The zero-order valence-corrected chi connectivity index (χ0v) is 13.6. The van der Waals surface area contributed by atoms with Crippen molar-refractivity contribution >= 4 is 5.57 Å². The van der Waals surface area contributed by atoms with E-state index in [-0.39, 0.29) is 0 Å². The van der Waals surface area contributed by atoms with E-state index in [1.165, 1.54) is 16.7 Å². The molecule has 2 aliphatic heterocycles. The Kier molecular flexibility index (Phi) is 4.17. The third-order valence-electron chi connectivity index (χ3n) is 4.91. The van der Waals surface area contributed by atoms with Gasteiger partial charge in [0.15, 0.2) is 0 Å². The van der Waals surface area contributed by atoms with E-state index in [1.54, 1.807) is 0 Å². The van der Waals surface area contributed by atoms with Crippen LogP contribution in [0.5, 0.6) is 0 Å². The van der Waals surface area contributed by atoms with Gasteiger partial charge in [-0.3, -0.25) is 4.90 Å². The highest BCUT2D eigenvalue weighted by Crippen LogP contribution is 2.33. The fourth-order valence-electron chi connectivity index (χ4n) is 3.70. The first kappa shape index (κ1) is 15.1. The molecule has 0 N–H and O–H groups in total. The van der Waals surface area contributed by atoms with Crippen molar-refractivity contribution in [3.63, 3.8) is 0 Å². The zero-order chi connectivity index (χ0) is 16.4. The van der Waals surface area contributed by atoms with Crippen LogP contribution in [0.15, 0.2) is 60.7 Å². The molecule has 1 fully saturated rings. The summed E-state index contributed by atoms with van der Waals surface area (Å²) in [5.74, 6) is 0. The second-order valence-corrected chi connectivity index (χ2v) is 6.51. The van der Waals surface area contributed by atoms with Crippen molar-refractivity contribution in [3.8, 4) is 6.07 Å². The van der Waals surface area contributed by atoms with Crippen LogP contribution in [-0.4, -0.2) is 30.2 Å². The molecule has 3 nitrogen and oxygen atoms in total. The topological polar surface area (TPSA) is 36.3 Å². The quantitative estimate of drug-likeness (QED) is 0.868. The van der Waals surface area contributed by atoms with Crippen LogP contribution in [-0.2, 0) is 11.3 Å². The van der Waals surface area contributed by atoms with E-state index in [2.05, 4.69) is 53.4 Å². The van der Waals surface area contributed by atoms with Crippen molar-refractivity contribution < 1.29 is 4.74 Å². The lowest BCUT2D eigenvalue weighted by molar-refractivity contribution is -0.0402. The Morgan fingerprint density at radius 3 is 2.75 bits per heavy atom. The molecule has 0 radical (unpaired) electrons. The Bertz CT molecular complexity index is 791. The number of fused-ring (bicyclic) bond motifs is 2. The lowest BCUT2D eigenvalue weighted by atomic mass is 9.89. The summed E-state index contributed by atoms with van der Waals surface area (Å²) in [5.41, 5.74) is 4.58. The van der Waals surface area contributed by atoms with E-state index >= 15 is 0 Å². The van der Waals surface area contributed by atoms with Gasteiger partial charge in [-0.05, 0) is 35.3 Å². The fraction of sp³-hybridized carbons (Fsp3) is 0.286. The van der Waals surface area contributed by atoms with Crippen LogP contribution < -0.4 is 0 Å². The molecular weight excluding hydrogens is 296 g/mol. The van der Waals surface area contributed by atoms with Gasteiger partial charge in [-0.2, -0.15) is 5.26 Å². The Morgan fingerprint density at radius 1 is 1.08 bits per heavy atom. The number of nitriles is 1. The van der Waals surface area contributed by atoms with E-state index in [0.717, 1.165) is 31.7 Å². The third-order valence-corrected chi connectivity index (χ3v) is 4.91. The smallest absolute Gasteiger partial charge is 0.0991 e. The minimum atomic E-state index is 0.304. The summed E-state index contributed by atoms with van der Waals surface area (Å²) in [6, 6.07) is 21.5. The Balaban J connectivity index is 1.61. The minimum absolute atomic E-state index is 0.304. The Hall–Kier alpha value is -2.41. The van der Waals surface area contributed by atoms with Gasteiger partial charge in [0, 0.05) is 12.6 Å². The Morgan fingerprint density at radius 2 is 1.96 bits per heavy atom. The molecule has 24 heavy (non-hydrogen) atoms. The maximum atomic E-state index is 9.13. The summed E-state index contributed by atoms with van der Waals surface area (Å²) >= 11 is 0. The maximum absolute atomic E-state index is 9.13. The van der Waals surface area contributed by atoms with Gasteiger partial charge in [-0.15, -0.1) is 0 Å². The molecule has 0 saturated carbocycles. The number of hydrogen-bond acceptors (Lipinski definition) is 3. The van der Waals surface area contributed by atoms with E-state index in [4.69, 9.17) is 10.00 Å². The van der Waals surface area contributed by atoms with Crippen molar-refractivity contribution in [1.29, 1.82) is 5.26 Å². The van der Waals surface area contributed by atoms with Crippen LogP contribution in [0.4, 0.5) is 0 Å². The van der Waals surface area contributed by atoms with Crippen molar-refractivity contribution in [2.24, 2.45) is 0 Å². The SMILES string of the molecule is N#Cc1cccc(C2=CC3COCC(C2)N3Cc2ccccc2)c1. The first-order valence-electron chi connectivity index (χ1n) is 8.42. The highest BCUT2D eigenvalue weighted by atomic mass is 16.5. The predicted molar refractivity (Wildman–Crippen MR) is 94.1 cm³/mol. The molecule has 0 amide bonds. The number of morpholine rings is 1. The highest BCUT2D eigenvalue weighted by molar-refractivity contribution is 5.69. The molecule has 2 heterocycles. The largest absolute Gasteiger partial charge is 0.378 e. The van der Waals surface area contributed by atoms with Gasteiger partial charge >= 0.3 is 0 Å². The summed E-state index contributed by atoms with van der Waals surface area (Å²) < 4.78 is 5.79. The standard InChI is InChI=1S/C21H20N2O/c22-12-17-7-4-8-18(9-17)19-10-20-14-24-15-21(11-19)23(20)13-16-5-2-1-3-6-16/h1-10,20-21H,11,13-15H2. The van der Waals surface area contributed by atoms with E-state index in [0.29, 0.717) is 12.1 Å². The summed E-state index contributed by atoms with van der Waals surface area (Å²) in [5, 5.41) is 9.13. The molecule has 2 bridgehead atoms. The van der Waals surface area contributed by atoms with Gasteiger partial charge in [0.2, 0.25) is 0 Å². The molecular formula is C21H20N2O. The summed E-state index contributed by atoms with van der Waals surface area (Å²) in [7, 11) is 0. The van der Waals surface area contributed by atoms with Gasteiger partial charge in [0.1, 0.15) is 0 Å². The molecule has 0 spiro atoms. The van der Waals surface area contributed by atoms with Crippen LogP contribution in [0.2, 0.25) is 0 Å². The number of hydrogen-bond donors (Lipinski definition) is 0. The molecule has 0 aliphatic carbocycles. The summed E-state index contributed by atoms with van der Waals surface area (Å²) in [6.45, 7) is 2.48.